The molecule has 0 amide bonds. The van der Waals surface area contributed by atoms with E-state index >= 15 is 0 Å². The molecule has 1 heterocycles. The Morgan fingerprint density at radius 3 is 2.50 bits per heavy atom. The summed E-state index contributed by atoms with van der Waals surface area (Å²) in [4.78, 5) is 2.43. The van der Waals surface area contributed by atoms with Gasteiger partial charge in [-0.15, -0.1) is 0 Å². The second-order valence-electron chi connectivity index (χ2n) is 4.76. The Labute approximate surface area is 108 Å². The first-order valence-electron chi connectivity index (χ1n) is 5.93. The monoisotopic (exact) mass is 269 g/mol. The maximum atomic E-state index is 12.2. The molecule has 6 heteroatoms. The second-order valence-corrected chi connectivity index (χ2v) is 6.88. The van der Waals surface area contributed by atoms with Gasteiger partial charge in [-0.25, -0.2) is 12.7 Å². The molecule has 1 aliphatic rings. The second kappa shape index (κ2) is 4.87. The van der Waals surface area contributed by atoms with Gasteiger partial charge in [-0.3, -0.25) is 0 Å². The summed E-state index contributed by atoms with van der Waals surface area (Å²) >= 11 is 0. The van der Waals surface area contributed by atoms with Crippen molar-refractivity contribution in [2.45, 2.75) is 4.90 Å². The molecule has 1 aromatic carbocycles. The molecule has 0 unspecified atom stereocenters. The van der Waals surface area contributed by atoms with E-state index in [0.29, 0.717) is 17.4 Å². The van der Waals surface area contributed by atoms with Gasteiger partial charge in [0.25, 0.3) is 0 Å². The first-order valence-corrected chi connectivity index (χ1v) is 7.37. The van der Waals surface area contributed by atoms with E-state index in [0.717, 1.165) is 18.8 Å². The Kier molecular flexibility index (Phi) is 3.61. The fourth-order valence-electron chi connectivity index (χ4n) is 2.05. The predicted octanol–water partition coefficient (Wildman–Crippen LogP) is 0.332. The van der Waals surface area contributed by atoms with Crippen molar-refractivity contribution < 1.29 is 8.42 Å². The molecule has 0 aromatic heterocycles. The summed E-state index contributed by atoms with van der Waals surface area (Å²) in [5, 5.41) is 0. The van der Waals surface area contributed by atoms with E-state index in [1.54, 1.807) is 26.2 Å². The highest BCUT2D eigenvalue weighted by Gasteiger charge is 2.30. The van der Waals surface area contributed by atoms with Gasteiger partial charge in [0.05, 0.1) is 5.69 Å². The molecule has 2 N–H and O–H groups in total. The number of nitrogens with zero attached hydrogens (tertiary/aromatic N) is 2. The van der Waals surface area contributed by atoms with Gasteiger partial charge >= 0.3 is 0 Å². The highest BCUT2D eigenvalue weighted by Crippen LogP contribution is 2.31. The average molecular weight is 269 g/mol. The van der Waals surface area contributed by atoms with Crippen molar-refractivity contribution in [3.8, 4) is 0 Å². The molecule has 18 heavy (non-hydrogen) atoms. The highest BCUT2D eigenvalue weighted by molar-refractivity contribution is 7.89. The van der Waals surface area contributed by atoms with Crippen LogP contribution in [0.4, 0.5) is 5.69 Å². The summed E-state index contributed by atoms with van der Waals surface area (Å²) < 4.78 is 25.7. The normalized spacial score (nSPS) is 17.0. The van der Waals surface area contributed by atoms with Gasteiger partial charge in [-0.1, -0.05) is 12.1 Å². The Balaban J connectivity index is 2.33. The first-order chi connectivity index (χ1) is 8.46. The molecule has 0 bridgehead atoms. The quantitative estimate of drug-likeness (QED) is 0.855. The highest BCUT2D eigenvalue weighted by atomic mass is 32.2. The smallest absolute Gasteiger partial charge is 0.244 e. The molecule has 0 saturated carbocycles. The van der Waals surface area contributed by atoms with E-state index in [9.17, 15) is 8.42 Å². The Morgan fingerprint density at radius 2 is 1.94 bits per heavy atom. The SMILES string of the molecule is CN(C)S(=O)(=O)c1ccccc1N1CC(CN)C1. The summed E-state index contributed by atoms with van der Waals surface area (Å²) in [6, 6.07) is 7.11. The molecule has 5 nitrogen and oxygen atoms in total. The fraction of sp³-hybridized carbons (Fsp3) is 0.500. The third-order valence-corrected chi connectivity index (χ3v) is 5.12. The van der Waals surface area contributed by atoms with Crippen molar-refractivity contribution in [1.29, 1.82) is 0 Å². The minimum absolute atomic E-state index is 0.366. The summed E-state index contributed by atoms with van der Waals surface area (Å²) in [5.41, 5.74) is 6.37. The van der Waals surface area contributed by atoms with Gasteiger partial charge in [-0.2, -0.15) is 0 Å². The van der Waals surface area contributed by atoms with Crippen LogP contribution in [0, 0.1) is 5.92 Å². The molecular weight excluding hydrogens is 250 g/mol. The molecular formula is C12H19N3O2S. The summed E-state index contributed by atoms with van der Waals surface area (Å²) in [7, 11) is -0.299. The van der Waals surface area contributed by atoms with Crippen LogP contribution < -0.4 is 10.6 Å². The molecule has 0 spiro atoms. The molecule has 1 saturated heterocycles. The van der Waals surface area contributed by atoms with Crippen LogP contribution in [0.1, 0.15) is 0 Å². The Hall–Kier alpha value is -1.11. The number of rotatable bonds is 4. The molecule has 0 atom stereocenters. The van der Waals surface area contributed by atoms with Crippen LogP contribution in [0.25, 0.3) is 0 Å². The van der Waals surface area contributed by atoms with E-state index in [4.69, 9.17) is 5.73 Å². The van der Waals surface area contributed by atoms with Crippen LogP contribution >= 0.6 is 0 Å². The van der Waals surface area contributed by atoms with E-state index in [2.05, 4.69) is 4.90 Å². The van der Waals surface area contributed by atoms with E-state index < -0.39 is 10.0 Å². The Morgan fingerprint density at radius 1 is 1.33 bits per heavy atom. The number of hydrogen-bond donors (Lipinski definition) is 1. The third kappa shape index (κ3) is 2.23. The minimum atomic E-state index is -3.39. The van der Waals surface area contributed by atoms with E-state index in [1.165, 1.54) is 4.31 Å². The lowest BCUT2D eigenvalue weighted by atomic mass is 10.00. The van der Waals surface area contributed by atoms with Crippen LogP contribution in [0.3, 0.4) is 0 Å². The van der Waals surface area contributed by atoms with Crippen LogP contribution in [-0.2, 0) is 10.0 Å². The molecule has 2 rings (SSSR count). The number of nitrogens with two attached hydrogens (primary N) is 1. The number of hydrogen-bond acceptors (Lipinski definition) is 4. The minimum Gasteiger partial charge on any atom is -0.370 e. The van der Waals surface area contributed by atoms with Crippen LogP contribution in [0.2, 0.25) is 0 Å². The van der Waals surface area contributed by atoms with Gasteiger partial charge in [-0.05, 0) is 18.7 Å². The molecule has 0 radical (unpaired) electrons. The van der Waals surface area contributed by atoms with Crippen molar-refractivity contribution >= 4 is 15.7 Å². The zero-order valence-electron chi connectivity index (χ0n) is 10.7. The maximum Gasteiger partial charge on any atom is 0.244 e. The first kappa shape index (κ1) is 13.3. The zero-order chi connectivity index (χ0) is 13.3. The van der Waals surface area contributed by atoms with Gasteiger partial charge < -0.3 is 10.6 Å². The summed E-state index contributed by atoms with van der Waals surface area (Å²) in [6.45, 7) is 2.31. The predicted molar refractivity (Wildman–Crippen MR) is 72.1 cm³/mol. The summed E-state index contributed by atoms with van der Waals surface area (Å²) in [5.74, 6) is 0.472. The van der Waals surface area contributed by atoms with Crippen molar-refractivity contribution in [3.05, 3.63) is 24.3 Å². The topological polar surface area (TPSA) is 66.6 Å². The van der Waals surface area contributed by atoms with E-state index in [-0.39, 0.29) is 0 Å². The summed E-state index contributed by atoms with van der Waals surface area (Å²) in [6.07, 6.45) is 0. The molecule has 1 aromatic rings. The molecule has 1 fully saturated rings. The van der Waals surface area contributed by atoms with Gasteiger partial charge in [0.15, 0.2) is 0 Å². The van der Waals surface area contributed by atoms with Crippen molar-refractivity contribution in [3.63, 3.8) is 0 Å². The zero-order valence-corrected chi connectivity index (χ0v) is 11.5. The van der Waals surface area contributed by atoms with Crippen LogP contribution in [0.15, 0.2) is 29.2 Å². The van der Waals surface area contributed by atoms with Crippen molar-refractivity contribution in [2.75, 3.05) is 38.6 Å². The number of benzene rings is 1. The Bertz CT molecular complexity index is 522. The third-order valence-electron chi connectivity index (χ3n) is 3.26. The molecule has 1 aliphatic heterocycles. The van der Waals surface area contributed by atoms with E-state index in [1.807, 2.05) is 12.1 Å². The number of para-hydroxylation sites is 1. The van der Waals surface area contributed by atoms with Crippen LogP contribution in [-0.4, -0.2) is 46.5 Å². The lowest BCUT2D eigenvalue weighted by Gasteiger charge is -2.41. The van der Waals surface area contributed by atoms with Gasteiger partial charge in [0, 0.05) is 33.1 Å². The number of anilines is 1. The molecule has 0 aliphatic carbocycles. The van der Waals surface area contributed by atoms with Crippen molar-refractivity contribution in [1.82, 2.24) is 4.31 Å². The van der Waals surface area contributed by atoms with Crippen molar-refractivity contribution in [2.24, 2.45) is 11.7 Å². The molecule has 100 valence electrons. The maximum absolute atomic E-state index is 12.2. The van der Waals surface area contributed by atoms with Gasteiger partial charge in [0.2, 0.25) is 10.0 Å². The fourth-order valence-corrected chi connectivity index (χ4v) is 3.15. The van der Waals surface area contributed by atoms with Gasteiger partial charge in [0.1, 0.15) is 4.90 Å². The number of sulfonamides is 1. The lowest BCUT2D eigenvalue weighted by molar-refractivity contribution is 0.417. The average Bonchev–Trinajstić information content (AvgIpc) is 2.28. The van der Waals surface area contributed by atoms with Crippen LogP contribution in [0.5, 0.6) is 0 Å². The standard InChI is InChI=1S/C12H19N3O2S/c1-14(2)18(16,17)12-6-4-3-5-11(12)15-8-10(7-13)9-15/h3-6,10H,7-9,13H2,1-2H3. The lowest BCUT2D eigenvalue weighted by Crippen LogP contribution is -2.50. The largest absolute Gasteiger partial charge is 0.370 e.